The van der Waals surface area contributed by atoms with E-state index in [4.69, 9.17) is 4.74 Å². The molecule has 1 rings (SSSR count). The molecule has 1 aromatic carbocycles. The van der Waals surface area contributed by atoms with Crippen LogP contribution in [0, 0.1) is 6.92 Å². The van der Waals surface area contributed by atoms with Crippen molar-refractivity contribution in [2.75, 3.05) is 6.61 Å². The quantitative estimate of drug-likeness (QED) is 0.815. The number of hydrogen-bond acceptors (Lipinski definition) is 2. The number of rotatable bonds is 3. The second-order valence-electron chi connectivity index (χ2n) is 2.92. The highest BCUT2D eigenvalue weighted by Crippen LogP contribution is 2.25. The van der Waals surface area contributed by atoms with Gasteiger partial charge in [0.05, 0.1) is 4.47 Å². The van der Waals surface area contributed by atoms with E-state index in [9.17, 15) is 4.79 Å². The number of aryl methyl sites for hydroxylation is 1. The van der Waals surface area contributed by atoms with Gasteiger partial charge in [0.15, 0.2) is 5.78 Å². The molecule has 1 aromatic rings. The van der Waals surface area contributed by atoms with Crippen LogP contribution in [0.25, 0.3) is 0 Å². The standard InChI is InChI=1S/C10H11BrO2/c1-7-3-4-10(9(11)5-7)13-6-8(2)12/h3-5H,6H2,1-2H3. The molecule has 0 heterocycles. The maximum Gasteiger partial charge on any atom is 0.167 e. The molecule has 13 heavy (non-hydrogen) atoms. The van der Waals surface area contributed by atoms with E-state index in [1.54, 1.807) is 0 Å². The highest BCUT2D eigenvalue weighted by molar-refractivity contribution is 9.10. The Morgan fingerprint density at radius 1 is 1.54 bits per heavy atom. The van der Waals surface area contributed by atoms with E-state index in [0.29, 0.717) is 5.75 Å². The van der Waals surface area contributed by atoms with Gasteiger partial charge in [-0.3, -0.25) is 4.79 Å². The number of Topliss-reactive ketones (excluding diaryl/α,β-unsaturated/α-hetero) is 1. The average molecular weight is 243 g/mol. The first kappa shape index (κ1) is 10.3. The first-order valence-corrected chi connectivity index (χ1v) is 4.77. The van der Waals surface area contributed by atoms with Crippen molar-refractivity contribution in [2.45, 2.75) is 13.8 Å². The lowest BCUT2D eigenvalue weighted by molar-refractivity contribution is -0.118. The highest BCUT2D eigenvalue weighted by atomic mass is 79.9. The molecular formula is C10H11BrO2. The summed E-state index contributed by atoms with van der Waals surface area (Å²) in [5.41, 5.74) is 1.15. The molecule has 0 saturated heterocycles. The summed E-state index contributed by atoms with van der Waals surface area (Å²) in [5.74, 6) is 0.730. The largest absolute Gasteiger partial charge is 0.485 e. The zero-order valence-electron chi connectivity index (χ0n) is 7.63. The Labute approximate surface area is 86.0 Å². The lowest BCUT2D eigenvalue weighted by Gasteiger charge is -2.06. The fourth-order valence-corrected chi connectivity index (χ4v) is 1.51. The Hall–Kier alpha value is -0.830. The van der Waals surface area contributed by atoms with Crippen LogP contribution in [0.15, 0.2) is 22.7 Å². The van der Waals surface area contributed by atoms with Crippen LogP contribution in [-0.4, -0.2) is 12.4 Å². The van der Waals surface area contributed by atoms with Crippen LogP contribution < -0.4 is 4.74 Å². The molecule has 3 heteroatoms. The van der Waals surface area contributed by atoms with Crippen molar-refractivity contribution in [3.05, 3.63) is 28.2 Å². The summed E-state index contributed by atoms with van der Waals surface area (Å²) in [6, 6.07) is 5.75. The first-order valence-electron chi connectivity index (χ1n) is 3.98. The van der Waals surface area contributed by atoms with Gasteiger partial charge in [-0.15, -0.1) is 0 Å². The van der Waals surface area contributed by atoms with Crippen LogP contribution in [0.2, 0.25) is 0 Å². The lowest BCUT2D eigenvalue weighted by Crippen LogP contribution is -2.06. The minimum absolute atomic E-state index is 0.0208. The number of benzene rings is 1. The molecule has 0 atom stereocenters. The maximum absolute atomic E-state index is 10.7. The zero-order valence-corrected chi connectivity index (χ0v) is 9.22. The van der Waals surface area contributed by atoms with E-state index in [0.717, 1.165) is 10.0 Å². The predicted molar refractivity (Wildman–Crippen MR) is 55.1 cm³/mol. The number of ketones is 1. The number of carbonyl (C=O) groups is 1. The Bertz CT molecular complexity index is 321. The Balaban J connectivity index is 2.72. The van der Waals surface area contributed by atoms with Gasteiger partial charge in [0, 0.05) is 0 Å². The summed E-state index contributed by atoms with van der Waals surface area (Å²) < 4.78 is 6.14. The van der Waals surface area contributed by atoms with Gasteiger partial charge < -0.3 is 4.74 Å². The molecule has 0 aliphatic heterocycles. The smallest absolute Gasteiger partial charge is 0.167 e. The topological polar surface area (TPSA) is 26.3 Å². The molecule has 2 nitrogen and oxygen atoms in total. The minimum atomic E-state index is 0.0208. The molecule has 0 aromatic heterocycles. The molecule has 0 unspecified atom stereocenters. The normalized spacial score (nSPS) is 9.77. The predicted octanol–water partition coefficient (Wildman–Crippen LogP) is 2.73. The highest BCUT2D eigenvalue weighted by Gasteiger charge is 2.01. The average Bonchev–Trinajstić information content (AvgIpc) is 2.02. The van der Waals surface area contributed by atoms with Gasteiger partial charge >= 0.3 is 0 Å². The number of carbonyl (C=O) groups excluding carboxylic acids is 1. The Morgan fingerprint density at radius 3 is 2.77 bits per heavy atom. The van der Waals surface area contributed by atoms with Gasteiger partial charge in [0.25, 0.3) is 0 Å². The van der Waals surface area contributed by atoms with E-state index >= 15 is 0 Å². The fourth-order valence-electron chi connectivity index (χ4n) is 0.902. The summed E-state index contributed by atoms with van der Waals surface area (Å²) in [6.45, 7) is 3.63. The molecule has 0 N–H and O–H groups in total. The maximum atomic E-state index is 10.7. The van der Waals surface area contributed by atoms with Crippen molar-refractivity contribution in [1.29, 1.82) is 0 Å². The molecule has 0 spiro atoms. The number of hydrogen-bond donors (Lipinski definition) is 0. The lowest BCUT2D eigenvalue weighted by atomic mass is 10.2. The van der Waals surface area contributed by atoms with Crippen LogP contribution in [0.4, 0.5) is 0 Å². The van der Waals surface area contributed by atoms with Gasteiger partial charge in [-0.2, -0.15) is 0 Å². The molecule has 0 fully saturated rings. The van der Waals surface area contributed by atoms with Crippen LogP contribution in [0.1, 0.15) is 12.5 Å². The fraction of sp³-hybridized carbons (Fsp3) is 0.300. The number of ether oxygens (including phenoxy) is 1. The third-order valence-corrected chi connectivity index (χ3v) is 2.14. The second-order valence-corrected chi connectivity index (χ2v) is 3.78. The summed E-state index contributed by atoms with van der Waals surface area (Å²) in [6.07, 6.45) is 0. The molecule has 0 aliphatic carbocycles. The van der Waals surface area contributed by atoms with Crippen molar-refractivity contribution < 1.29 is 9.53 Å². The van der Waals surface area contributed by atoms with Gasteiger partial charge in [-0.25, -0.2) is 0 Å². The van der Waals surface area contributed by atoms with Crippen molar-refractivity contribution in [2.24, 2.45) is 0 Å². The van der Waals surface area contributed by atoms with Crippen molar-refractivity contribution in [3.63, 3.8) is 0 Å². The van der Waals surface area contributed by atoms with Crippen LogP contribution in [0.5, 0.6) is 5.75 Å². The van der Waals surface area contributed by atoms with Gasteiger partial charge in [-0.05, 0) is 47.5 Å². The SMILES string of the molecule is CC(=O)COc1ccc(C)cc1Br. The third-order valence-electron chi connectivity index (χ3n) is 1.52. The molecule has 0 aliphatic rings. The molecule has 70 valence electrons. The Kier molecular flexibility index (Phi) is 3.48. The minimum Gasteiger partial charge on any atom is -0.485 e. The number of halogens is 1. The zero-order chi connectivity index (χ0) is 9.84. The monoisotopic (exact) mass is 242 g/mol. The van der Waals surface area contributed by atoms with E-state index in [1.165, 1.54) is 6.92 Å². The van der Waals surface area contributed by atoms with Gasteiger partial charge in [-0.1, -0.05) is 6.07 Å². The van der Waals surface area contributed by atoms with E-state index in [1.807, 2.05) is 25.1 Å². The second kappa shape index (κ2) is 4.42. The van der Waals surface area contributed by atoms with Crippen molar-refractivity contribution >= 4 is 21.7 Å². The molecule has 0 radical (unpaired) electrons. The summed E-state index contributed by atoms with van der Waals surface area (Å²) in [4.78, 5) is 10.7. The summed E-state index contributed by atoms with van der Waals surface area (Å²) in [5, 5.41) is 0. The van der Waals surface area contributed by atoms with Crippen molar-refractivity contribution in [1.82, 2.24) is 0 Å². The van der Waals surface area contributed by atoms with Crippen LogP contribution in [-0.2, 0) is 4.79 Å². The molecule has 0 bridgehead atoms. The molecule has 0 amide bonds. The Morgan fingerprint density at radius 2 is 2.23 bits per heavy atom. The van der Waals surface area contributed by atoms with Crippen molar-refractivity contribution in [3.8, 4) is 5.75 Å². The first-order chi connectivity index (χ1) is 6.09. The third kappa shape index (κ3) is 3.19. The molecule has 0 saturated carbocycles. The van der Waals surface area contributed by atoms with E-state index in [2.05, 4.69) is 15.9 Å². The van der Waals surface area contributed by atoms with Gasteiger partial charge in [0.2, 0.25) is 0 Å². The van der Waals surface area contributed by atoms with Gasteiger partial charge in [0.1, 0.15) is 12.4 Å². The summed E-state index contributed by atoms with van der Waals surface area (Å²) >= 11 is 3.36. The van der Waals surface area contributed by atoms with Crippen LogP contribution in [0.3, 0.4) is 0 Å². The van der Waals surface area contributed by atoms with E-state index < -0.39 is 0 Å². The van der Waals surface area contributed by atoms with E-state index in [-0.39, 0.29) is 12.4 Å². The van der Waals surface area contributed by atoms with Crippen LogP contribution >= 0.6 is 15.9 Å². The summed E-state index contributed by atoms with van der Waals surface area (Å²) in [7, 11) is 0. The molecular weight excluding hydrogens is 232 g/mol.